The fourth-order valence-corrected chi connectivity index (χ4v) is 5.12. The fourth-order valence-electron chi connectivity index (χ4n) is 3.50. The Labute approximate surface area is 165 Å². The van der Waals surface area contributed by atoms with E-state index in [1.165, 1.54) is 10.5 Å². The molecular weight excluding hydrogens is 376 g/mol. The van der Waals surface area contributed by atoms with Crippen molar-refractivity contribution in [3.05, 3.63) is 54.1 Å². The Morgan fingerprint density at radius 2 is 2.04 bits per heavy atom. The van der Waals surface area contributed by atoms with E-state index in [1.54, 1.807) is 31.5 Å². The number of nitrogens with one attached hydrogen (secondary N) is 1. The van der Waals surface area contributed by atoms with Gasteiger partial charge in [0.15, 0.2) is 6.23 Å². The summed E-state index contributed by atoms with van der Waals surface area (Å²) in [6, 6.07) is 7.04. The Hall–Kier alpha value is -2.25. The smallest absolute Gasteiger partial charge is 0.267 e. The number of benzene rings is 1. The Bertz CT molecular complexity index is 1030. The average molecular weight is 403 g/mol. The molecule has 0 amide bonds. The Morgan fingerprint density at radius 3 is 2.71 bits per heavy atom. The first-order valence-electron chi connectivity index (χ1n) is 9.60. The monoisotopic (exact) mass is 402 g/mol. The largest absolute Gasteiger partial charge is 0.495 e. The Morgan fingerprint density at radius 1 is 1.25 bits per heavy atom. The summed E-state index contributed by atoms with van der Waals surface area (Å²) >= 11 is 0. The zero-order chi connectivity index (χ0) is 19.9. The number of allylic oxidation sites excluding steroid dienone is 1. The zero-order valence-corrected chi connectivity index (χ0v) is 17.2. The normalized spacial score (nSPS) is 20.4. The predicted molar refractivity (Wildman–Crippen MR) is 108 cm³/mol. The van der Waals surface area contributed by atoms with E-state index < -0.39 is 16.3 Å². The first-order chi connectivity index (χ1) is 13.4. The van der Waals surface area contributed by atoms with Gasteiger partial charge in [-0.25, -0.2) is 12.7 Å². The molecule has 1 N–H and O–H groups in total. The lowest BCUT2D eigenvalue weighted by Crippen LogP contribution is -2.42. The SMILES string of the molecule is COC1=CN(S(=O)(=O)c2cccc3[nH]ccc23)C(OCC(C)C)C(C2CC2)=C1. The van der Waals surface area contributed by atoms with Crippen molar-refractivity contribution in [1.82, 2.24) is 9.29 Å². The summed E-state index contributed by atoms with van der Waals surface area (Å²) in [7, 11) is -2.29. The highest BCUT2D eigenvalue weighted by molar-refractivity contribution is 7.89. The van der Waals surface area contributed by atoms with E-state index in [9.17, 15) is 8.42 Å². The van der Waals surface area contributed by atoms with Crippen molar-refractivity contribution < 1.29 is 17.9 Å². The van der Waals surface area contributed by atoms with Crippen LogP contribution in [0.2, 0.25) is 0 Å². The first-order valence-corrected chi connectivity index (χ1v) is 11.0. The molecule has 1 aromatic carbocycles. The van der Waals surface area contributed by atoms with E-state index >= 15 is 0 Å². The molecule has 1 unspecified atom stereocenters. The molecule has 1 aliphatic heterocycles. The summed E-state index contributed by atoms with van der Waals surface area (Å²) in [4.78, 5) is 3.34. The molecule has 0 spiro atoms. The minimum Gasteiger partial charge on any atom is -0.495 e. The molecule has 150 valence electrons. The maximum absolute atomic E-state index is 13.7. The van der Waals surface area contributed by atoms with Crippen molar-refractivity contribution in [2.45, 2.75) is 37.8 Å². The van der Waals surface area contributed by atoms with E-state index in [1.807, 2.05) is 12.1 Å². The summed E-state index contributed by atoms with van der Waals surface area (Å²) in [6.45, 7) is 4.59. The molecule has 0 bridgehead atoms. The molecule has 2 aliphatic rings. The van der Waals surface area contributed by atoms with Crippen molar-refractivity contribution in [1.29, 1.82) is 0 Å². The van der Waals surface area contributed by atoms with Crippen LogP contribution in [-0.2, 0) is 19.5 Å². The van der Waals surface area contributed by atoms with Gasteiger partial charge in [0.05, 0.1) is 24.8 Å². The molecule has 0 saturated heterocycles. The second-order valence-electron chi connectivity index (χ2n) is 7.76. The molecule has 2 aromatic rings. The number of hydrogen-bond donors (Lipinski definition) is 1. The summed E-state index contributed by atoms with van der Waals surface area (Å²) in [5, 5.41) is 0.667. The van der Waals surface area contributed by atoms with Crippen molar-refractivity contribution in [3.8, 4) is 0 Å². The number of methoxy groups -OCH3 is 1. The van der Waals surface area contributed by atoms with Crippen LogP contribution in [0.25, 0.3) is 10.9 Å². The van der Waals surface area contributed by atoms with Crippen LogP contribution in [0.5, 0.6) is 0 Å². The maximum atomic E-state index is 13.7. The van der Waals surface area contributed by atoms with E-state index in [4.69, 9.17) is 9.47 Å². The van der Waals surface area contributed by atoms with Crippen molar-refractivity contribution in [2.75, 3.05) is 13.7 Å². The topological polar surface area (TPSA) is 71.6 Å². The highest BCUT2D eigenvalue weighted by Crippen LogP contribution is 2.43. The molecule has 1 saturated carbocycles. The van der Waals surface area contributed by atoms with Gasteiger partial charge in [0.1, 0.15) is 5.76 Å². The van der Waals surface area contributed by atoms with Gasteiger partial charge in [0.25, 0.3) is 10.0 Å². The van der Waals surface area contributed by atoms with Gasteiger partial charge in [-0.2, -0.15) is 0 Å². The molecular formula is C21H26N2O4S. The molecule has 1 aliphatic carbocycles. The number of rotatable bonds is 7. The number of hydrogen-bond acceptors (Lipinski definition) is 4. The lowest BCUT2D eigenvalue weighted by Gasteiger charge is -2.35. The lowest BCUT2D eigenvalue weighted by atomic mass is 10.1. The third-order valence-electron chi connectivity index (χ3n) is 5.06. The minimum atomic E-state index is -3.85. The summed E-state index contributed by atoms with van der Waals surface area (Å²) < 4.78 is 40.3. The number of aromatic nitrogens is 1. The van der Waals surface area contributed by atoms with Crippen LogP contribution in [0.1, 0.15) is 26.7 Å². The van der Waals surface area contributed by atoms with Gasteiger partial charge in [-0.05, 0) is 54.5 Å². The molecule has 4 rings (SSSR count). The molecule has 2 heterocycles. The molecule has 1 atom stereocenters. The van der Waals surface area contributed by atoms with Crippen molar-refractivity contribution in [3.63, 3.8) is 0 Å². The average Bonchev–Trinajstić information content (AvgIpc) is 3.41. The molecule has 1 fully saturated rings. The van der Waals surface area contributed by atoms with Crippen LogP contribution in [-0.4, -0.2) is 37.7 Å². The number of H-pyrrole nitrogens is 1. The van der Waals surface area contributed by atoms with Gasteiger partial charge in [-0.15, -0.1) is 0 Å². The van der Waals surface area contributed by atoms with Crippen LogP contribution in [0.15, 0.2) is 59.0 Å². The first kappa shape index (κ1) is 19.1. The summed E-state index contributed by atoms with van der Waals surface area (Å²) in [5.41, 5.74) is 1.76. The second kappa shape index (κ2) is 7.29. The van der Waals surface area contributed by atoms with Crippen LogP contribution in [0.4, 0.5) is 0 Å². The zero-order valence-electron chi connectivity index (χ0n) is 16.4. The third kappa shape index (κ3) is 3.44. The van der Waals surface area contributed by atoms with E-state index in [2.05, 4.69) is 18.8 Å². The van der Waals surface area contributed by atoms with Gasteiger partial charge < -0.3 is 14.5 Å². The van der Waals surface area contributed by atoms with Gasteiger partial charge in [0, 0.05) is 17.1 Å². The standard InChI is InChI=1S/C21H26N2O4S/c1-14(2)13-27-21-18(15-7-8-15)11-16(26-3)12-23(21)28(24,25)20-6-4-5-19-17(20)9-10-22-19/h4-6,9-12,14-15,21-22H,7-8,13H2,1-3H3. The molecule has 0 radical (unpaired) electrons. The molecule has 7 heteroatoms. The molecule has 28 heavy (non-hydrogen) atoms. The third-order valence-corrected chi connectivity index (χ3v) is 6.83. The Kier molecular flexibility index (Phi) is 4.97. The van der Waals surface area contributed by atoms with Crippen LogP contribution >= 0.6 is 0 Å². The van der Waals surface area contributed by atoms with Gasteiger partial charge in [-0.1, -0.05) is 19.9 Å². The molecule has 6 nitrogen and oxygen atoms in total. The van der Waals surface area contributed by atoms with Gasteiger partial charge in [0.2, 0.25) is 0 Å². The van der Waals surface area contributed by atoms with Crippen LogP contribution in [0.3, 0.4) is 0 Å². The van der Waals surface area contributed by atoms with Gasteiger partial charge in [-0.3, -0.25) is 0 Å². The predicted octanol–water partition coefficient (Wildman–Crippen LogP) is 4.00. The highest BCUT2D eigenvalue weighted by Gasteiger charge is 2.41. The fraction of sp³-hybridized carbons (Fsp3) is 0.429. The van der Waals surface area contributed by atoms with E-state index in [0.717, 1.165) is 23.9 Å². The highest BCUT2D eigenvalue weighted by atomic mass is 32.2. The summed E-state index contributed by atoms with van der Waals surface area (Å²) in [6.07, 6.45) is 6.67. The van der Waals surface area contributed by atoms with Crippen LogP contribution < -0.4 is 0 Å². The summed E-state index contributed by atoms with van der Waals surface area (Å²) in [5.74, 6) is 1.17. The number of ether oxygens (including phenoxy) is 2. The van der Waals surface area contributed by atoms with Gasteiger partial charge >= 0.3 is 0 Å². The quantitative estimate of drug-likeness (QED) is 0.760. The maximum Gasteiger partial charge on any atom is 0.267 e. The van der Waals surface area contributed by atoms with E-state index in [-0.39, 0.29) is 4.90 Å². The Balaban J connectivity index is 1.80. The molecule has 1 aromatic heterocycles. The van der Waals surface area contributed by atoms with Crippen molar-refractivity contribution >= 4 is 20.9 Å². The number of aromatic amines is 1. The number of fused-ring (bicyclic) bond motifs is 1. The second-order valence-corrected chi connectivity index (χ2v) is 9.58. The lowest BCUT2D eigenvalue weighted by molar-refractivity contribution is 0.00193. The van der Waals surface area contributed by atoms with Crippen LogP contribution in [0, 0.1) is 11.8 Å². The minimum absolute atomic E-state index is 0.258. The van der Waals surface area contributed by atoms with E-state index in [0.29, 0.717) is 29.6 Å². The number of nitrogens with zero attached hydrogens (tertiary/aromatic N) is 1. The van der Waals surface area contributed by atoms with Crippen molar-refractivity contribution in [2.24, 2.45) is 11.8 Å². The number of sulfonamides is 1.